The van der Waals surface area contributed by atoms with Gasteiger partial charge in [0.15, 0.2) is 11.5 Å². The summed E-state index contributed by atoms with van der Waals surface area (Å²) >= 11 is 0. The summed E-state index contributed by atoms with van der Waals surface area (Å²) in [5, 5.41) is 52.5. The predicted molar refractivity (Wildman–Crippen MR) is 137 cm³/mol. The Kier molecular flexibility index (Phi) is 12.9. The lowest BCUT2D eigenvalue weighted by Crippen LogP contribution is -2.25. The summed E-state index contributed by atoms with van der Waals surface area (Å²) < 4.78 is 0. The number of amides is 1. The number of phenols is 2. The van der Waals surface area contributed by atoms with Gasteiger partial charge in [-0.1, -0.05) is 56.6 Å². The number of benzene rings is 1. The van der Waals surface area contributed by atoms with E-state index in [0.29, 0.717) is 45.1 Å². The molecule has 0 saturated heterocycles. The van der Waals surface area contributed by atoms with Gasteiger partial charge in [0.05, 0.1) is 18.3 Å². The number of aromatic hydroxyl groups is 2. The zero-order chi connectivity index (χ0) is 25.6. The minimum atomic E-state index is -0.600. The molecule has 6 N–H and O–H groups in total. The van der Waals surface area contributed by atoms with Gasteiger partial charge < -0.3 is 30.8 Å². The Morgan fingerprint density at radius 1 is 1.11 bits per heavy atom. The molecule has 1 fully saturated rings. The van der Waals surface area contributed by atoms with Crippen LogP contribution in [0.5, 0.6) is 11.5 Å². The number of rotatable bonds is 15. The minimum Gasteiger partial charge on any atom is -0.504 e. The number of unbranched alkanes of at least 4 members (excludes halogenated alkanes) is 3. The maximum absolute atomic E-state index is 12.0. The molecule has 35 heavy (non-hydrogen) atoms. The number of carbonyl (C=O) groups is 1. The lowest BCUT2D eigenvalue weighted by Gasteiger charge is -2.19. The molecule has 0 aromatic heterocycles. The van der Waals surface area contributed by atoms with Gasteiger partial charge in [-0.25, -0.2) is 0 Å². The lowest BCUT2D eigenvalue weighted by atomic mass is 9.89. The highest BCUT2D eigenvalue weighted by Gasteiger charge is 2.39. The fourth-order valence-corrected chi connectivity index (χ4v) is 4.57. The van der Waals surface area contributed by atoms with E-state index in [2.05, 4.69) is 12.2 Å². The summed E-state index contributed by atoms with van der Waals surface area (Å²) in [7, 11) is 0. The van der Waals surface area contributed by atoms with E-state index < -0.39 is 18.3 Å². The molecule has 7 nitrogen and oxygen atoms in total. The van der Waals surface area contributed by atoms with Crippen molar-refractivity contribution in [2.45, 2.75) is 89.4 Å². The highest BCUT2D eigenvalue weighted by Crippen LogP contribution is 2.36. The Balaban J connectivity index is 1.65. The molecule has 0 spiro atoms. The van der Waals surface area contributed by atoms with Crippen molar-refractivity contribution in [1.82, 2.24) is 5.32 Å². The van der Waals surface area contributed by atoms with E-state index in [1.807, 2.05) is 18.2 Å². The summed E-state index contributed by atoms with van der Waals surface area (Å²) in [4.78, 5) is 12.0. The maximum Gasteiger partial charge on any atom is 0.220 e. The molecule has 2 rings (SSSR count). The smallest absolute Gasteiger partial charge is 0.220 e. The van der Waals surface area contributed by atoms with Crippen LogP contribution in [0.2, 0.25) is 0 Å². The Morgan fingerprint density at radius 3 is 2.66 bits per heavy atom. The average molecular weight is 490 g/mol. The predicted octanol–water partition coefficient (Wildman–Crippen LogP) is 3.73. The largest absolute Gasteiger partial charge is 0.504 e. The minimum absolute atomic E-state index is 0.0292. The molecule has 7 heteroatoms. The monoisotopic (exact) mass is 489 g/mol. The van der Waals surface area contributed by atoms with Gasteiger partial charge in [0.1, 0.15) is 0 Å². The highest BCUT2D eigenvalue weighted by molar-refractivity contribution is 5.75. The first-order valence-electron chi connectivity index (χ1n) is 13.0. The van der Waals surface area contributed by atoms with Crippen molar-refractivity contribution < 1.29 is 30.3 Å². The first-order chi connectivity index (χ1) is 16.8. The van der Waals surface area contributed by atoms with Gasteiger partial charge in [-0.3, -0.25) is 4.79 Å². The molecule has 1 aromatic carbocycles. The lowest BCUT2D eigenvalue weighted by molar-refractivity contribution is -0.121. The van der Waals surface area contributed by atoms with Gasteiger partial charge in [0.2, 0.25) is 5.91 Å². The molecule has 5 atom stereocenters. The van der Waals surface area contributed by atoms with Gasteiger partial charge in [-0.2, -0.15) is 0 Å². The van der Waals surface area contributed by atoms with E-state index in [1.54, 1.807) is 12.1 Å². The normalized spacial score (nSPS) is 23.3. The van der Waals surface area contributed by atoms with Crippen LogP contribution in [0.15, 0.2) is 42.5 Å². The molecular formula is C28H43NO6. The first kappa shape index (κ1) is 28.9. The molecule has 1 aliphatic rings. The molecule has 0 radical (unpaired) electrons. The molecule has 0 heterocycles. The molecule has 1 saturated carbocycles. The van der Waals surface area contributed by atoms with Crippen LogP contribution < -0.4 is 5.32 Å². The summed E-state index contributed by atoms with van der Waals surface area (Å²) in [6.45, 7) is 2.59. The molecule has 1 aliphatic carbocycles. The van der Waals surface area contributed by atoms with Gasteiger partial charge in [0, 0.05) is 25.3 Å². The molecule has 0 bridgehead atoms. The topological polar surface area (TPSA) is 130 Å². The van der Waals surface area contributed by atoms with Crippen molar-refractivity contribution in [2.75, 3.05) is 6.54 Å². The van der Waals surface area contributed by atoms with Crippen LogP contribution in [-0.4, -0.2) is 56.3 Å². The zero-order valence-electron chi connectivity index (χ0n) is 20.9. The number of hydrogen-bond donors (Lipinski definition) is 6. The molecule has 1 aromatic rings. The van der Waals surface area contributed by atoms with Crippen LogP contribution >= 0.6 is 0 Å². The van der Waals surface area contributed by atoms with Gasteiger partial charge in [0.25, 0.3) is 0 Å². The highest BCUT2D eigenvalue weighted by atomic mass is 16.3. The number of phenolic OH excluding ortho intramolecular Hbond substituents is 2. The van der Waals surface area contributed by atoms with Gasteiger partial charge in [-0.05, 0) is 55.7 Å². The Labute approximate surface area is 209 Å². The van der Waals surface area contributed by atoms with Crippen LogP contribution in [0.4, 0.5) is 0 Å². The van der Waals surface area contributed by atoms with E-state index in [0.717, 1.165) is 31.2 Å². The Morgan fingerprint density at radius 2 is 1.91 bits per heavy atom. The number of carbonyl (C=O) groups excluding carboxylic acids is 1. The van der Waals surface area contributed by atoms with Crippen molar-refractivity contribution in [3.8, 4) is 11.5 Å². The van der Waals surface area contributed by atoms with Crippen LogP contribution in [0, 0.1) is 11.8 Å². The number of nitrogens with one attached hydrogen (secondary N) is 1. The number of hydrogen-bond acceptors (Lipinski definition) is 6. The van der Waals surface area contributed by atoms with Crippen LogP contribution in [0.25, 0.3) is 0 Å². The molecular weight excluding hydrogens is 446 g/mol. The van der Waals surface area contributed by atoms with Crippen LogP contribution in [-0.2, 0) is 11.2 Å². The van der Waals surface area contributed by atoms with E-state index in [-0.39, 0.29) is 29.2 Å². The zero-order valence-corrected chi connectivity index (χ0v) is 20.9. The van der Waals surface area contributed by atoms with Crippen molar-refractivity contribution >= 4 is 5.91 Å². The number of aliphatic hydroxyl groups excluding tert-OH is 3. The third-order valence-corrected chi connectivity index (χ3v) is 6.70. The van der Waals surface area contributed by atoms with E-state index in [4.69, 9.17) is 0 Å². The Hall–Kier alpha value is -2.35. The summed E-state index contributed by atoms with van der Waals surface area (Å²) in [5.74, 6) is -0.603. The van der Waals surface area contributed by atoms with E-state index >= 15 is 0 Å². The second kappa shape index (κ2) is 15.6. The van der Waals surface area contributed by atoms with Crippen LogP contribution in [0.1, 0.15) is 70.3 Å². The Bertz CT molecular complexity index is 824. The molecule has 0 unspecified atom stereocenters. The second-order valence-electron chi connectivity index (χ2n) is 9.58. The third kappa shape index (κ3) is 10.4. The number of allylic oxidation sites excluding steroid dienone is 2. The molecule has 196 valence electrons. The quantitative estimate of drug-likeness (QED) is 0.126. The summed E-state index contributed by atoms with van der Waals surface area (Å²) in [5.41, 5.74) is 0.835. The van der Waals surface area contributed by atoms with Crippen molar-refractivity contribution in [1.29, 1.82) is 0 Å². The SMILES string of the molecule is CCCCC[C@H](O)/C=C/[C@@H]1[C@@H](C/C=C\CCCC(=O)NCCc2ccc(O)c(O)c2)[C@@H](O)C[C@H]1O. The van der Waals surface area contributed by atoms with Crippen molar-refractivity contribution in [3.63, 3.8) is 0 Å². The van der Waals surface area contributed by atoms with Crippen LogP contribution in [0.3, 0.4) is 0 Å². The maximum atomic E-state index is 12.0. The van der Waals surface area contributed by atoms with Gasteiger partial charge >= 0.3 is 0 Å². The van der Waals surface area contributed by atoms with Crippen molar-refractivity contribution in [3.05, 3.63) is 48.1 Å². The van der Waals surface area contributed by atoms with Crippen molar-refractivity contribution in [2.24, 2.45) is 11.8 Å². The molecule has 0 aliphatic heterocycles. The fraction of sp³-hybridized carbons (Fsp3) is 0.607. The van der Waals surface area contributed by atoms with Gasteiger partial charge in [-0.15, -0.1) is 0 Å². The summed E-state index contributed by atoms with van der Waals surface area (Å²) in [6, 6.07) is 4.63. The second-order valence-corrected chi connectivity index (χ2v) is 9.58. The summed E-state index contributed by atoms with van der Waals surface area (Å²) in [6.07, 6.45) is 13.3. The standard InChI is InChI=1S/C28H43NO6/c1-2-3-6-9-21(30)13-14-23-22(25(32)19-26(23)33)10-7-4-5-8-11-28(35)29-17-16-20-12-15-24(31)27(34)18-20/h4,7,12-15,18,21-23,25-26,30-34H,2-3,5-6,8-11,16-17,19H2,1H3,(H,29,35)/b7-4-,14-13+/t21-,22+,23+,25-,26+/m0/s1. The van der Waals surface area contributed by atoms with E-state index in [9.17, 15) is 30.3 Å². The molecule has 1 amide bonds. The van der Waals surface area contributed by atoms with E-state index in [1.165, 1.54) is 12.1 Å². The number of aliphatic hydroxyl groups is 3. The first-order valence-corrected chi connectivity index (χ1v) is 13.0. The fourth-order valence-electron chi connectivity index (χ4n) is 4.57. The third-order valence-electron chi connectivity index (χ3n) is 6.70. The average Bonchev–Trinajstić information content (AvgIpc) is 3.09.